The lowest BCUT2D eigenvalue weighted by Crippen LogP contribution is -1.97. The zero-order chi connectivity index (χ0) is 18.1. The topological polar surface area (TPSA) is 88.3 Å². The molecule has 0 saturated carbocycles. The van der Waals surface area contributed by atoms with Crippen LogP contribution in [0.25, 0.3) is 27.8 Å². The van der Waals surface area contributed by atoms with Gasteiger partial charge in [-0.3, -0.25) is 4.55 Å². The molecule has 5 aromatic rings. The van der Waals surface area contributed by atoms with Gasteiger partial charge in [-0.1, -0.05) is 30.3 Å². The molecule has 0 unspecified atom stereocenters. The Balaban J connectivity index is 1.60. The highest BCUT2D eigenvalue weighted by Gasteiger charge is 2.25. The summed E-state index contributed by atoms with van der Waals surface area (Å²) >= 11 is 0. The second kappa shape index (κ2) is 4.90. The number of fused-ring (bicyclic) bond motifs is 4. The molecule has 0 aliphatic heterocycles. The molecular weight excluding hydrogens is 354 g/mol. The summed E-state index contributed by atoms with van der Waals surface area (Å²) in [6.07, 6.45) is 0. The molecule has 0 saturated heterocycles. The Labute approximate surface area is 148 Å². The summed E-state index contributed by atoms with van der Waals surface area (Å²) in [4.78, 5) is 1.70. The predicted molar refractivity (Wildman–Crippen MR) is 95.8 cm³/mol. The Morgan fingerprint density at radius 2 is 1.35 bits per heavy atom. The Morgan fingerprint density at radius 1 is 0.769 bits per heavy atom. The Kier molecular flexibility index (Phi) is 2.84. The van der Waals surface area contributed by atoms with Gasteiger partial charge in [-0.05, 0) is 47.5 Å². The minimum Gasteiger partial charge on any atom is -0.506 e. The molecule has 3 aromatic carbocycles. The Morgan fingerprint density at radius 3 is 1.92 bits per heavy atom. The van der Waals surface area contributed by atoms with E-state index in [-0.39, 0.29) is 10.6 Å². The Bertz CT molecular complexity index is 1320. The van der Waals surface area contributed by atoms with Crippen molar-refractivity contribution in [1.82, 2.24) is 14.1 Å². The predicted octanol–water partition coefficient (Wildman–Crippen LogP) is 3.04. The first-order chi connectivity index (χ1) is 12.4. The van der Waals surface area contributed by atoms with Crippen LogP contribution in [0.3, 0.4) is 0 Å². The van der Waals surface area contributed by atoms with E-state index in [1.165, 1.54) is 12.1 Å². The van der Waals surface area contributed by atoms with Gasteiger partial charge in [0.2, 0.25) is 0 Å². The molecule has 0 aliphatic carbocycles. The number of phenols is 1. The maximum absolute atomic E-state index is 11.2. The molecule has 0 amide bonds. The van der Waals surface area contributed by atoms with Crippen molar-refractivity contribution in [2.75, 3.05) is 0 Å². The van der Waals surface area contributed by atoms with Gasteiger partial charge in [0.05, 0.1) is 4.90 Å². The van der Waals surface area contributed by atoms with Crippen LogP contribution in [-0.4, -0.2) is 32.1 Å². The van der Waals surface area contributed by atoms with Crippen molar-refractivity contribution in [1.29, 1.82) is 0 Å². The first kappa shape index (κ1) is 15.1. The van der Waals surface area contributed by atoms with E-state index in [0.717, 1.165) is 22.2 Å². The second-order valence-corrected chi connectivity index (χ2v) is 7.48. The quantitative estimate of drug-likeness (QED) is 0.480. The minimum atomic E-state index is -4.22. The molecule has 2 N–H and O–H groups in total. The second-order valence-electron chi connectivity index (χ2n) is 6.06. The highest BCUT2D eigenvalue weighted by molar-refractivity contribution is 7.85. The van der Waals surface area contributed by atoms with E-state index >= 15 is 0 Å². The van der Waals surface area contributed by atoms with E-state index < -0.39 is 10.1 Å². The third-order valence-corrected chi connectivity index (χ3v) is 5.36. The monoisotopic (exact) mass is 367 g/mol. The van der Waals surface area contributed by atoms with Crippen LogP contribution in [0.2, 0.25) is 0 Å². The molecule has 0 spiro atoms. The smallest absolute Gasteiger partial charge is 0.294 e. The van der Waals surface area contributed by atoms with Crippen molar-refractivity contribution in [3.63, 3.8) is 0 Å². The third kappa shape index (κ3) is 2.06. The van der Waals surface area contributed by atoms with Crippen molar-refractivity contribution in [2.24, 2.45) is 0 Å². The van der Waals surface area contributed by atoms with Gasteiger partial charge in [0.25, 0.3) is 10.1 Å². The molecular formula is C18H13N3O4S. The molecule has 0 fully saturated rings. The number of phenolic OH excluding ortho intramolecular Hbond substituents is 1. The van der Waals surface area contributed by atoms with Crippen LogP contribution in [0.15, 0.2) is 71.6 Å². The summed E-state index contributed by atoms with van der Waals surface area (Å²) in [7, 11) is -4.22. The van der Waals surface area contributed by atoms with Gasteiger partial charge in [-0.15, -0.1) is 14.1 Å². The number of benzene rings is 3. The minimum absolute atomic E-state index is 0.142. The van der Waals surface area contributed by atoms with Gasteiger partial charge in [0.15, 0.2) is 0 Å². The summed E-state index contributed by atoms with van der Waals surface area (Å²) < 4.78 is 35.3. The van der Waals surface area contributed by atoms with E-state index in [1.807, 2.05) is 44.4 Å². The molecule has 130 valence electrons. The van der Waals surface area contributed by atoms with Crippen LogP contribution >= 0.6 is 0 Å². The average Bonchev–Trinajstić information content (AvgIpc) is 3.28. The van der Waals surface area contributed by atoms with Gasteiger partial charge in [0.1, 0.15) is 22.5 Å². The van der Waals surface area contributed by atoms with Gasteiger partial charge in [0, 0.05) is 0 Å². The third-order valence-electron chi connectivity index (χ3n) is 4.50. The summed E-state index contributed by atoms with van der Waals surface area (Å²) in [5.74, 6) is 0.142. The Hall–Kier alpha value is -3.23. The molecule has 5 rings (SSSR count). The number of nitrogens with zero attached hydrogens (tertiary/aromatic N) is 3. The molecule has 2 aromatic heterocycles. The molecule has 0 bridgehead atoms. The number of hydrogen-bond donors (Lipinski definition) is 2. The van der Waals surface area contributed by atoms with E-state index in [4.69, 9.17) is 4.55 Å². The van der Waals surface area contributed by atoms with Crippen molar-refractivity contribution in [3.05, 3.63) is 66.7 Å². The highest BCUT2D eigenvalue weighted by Crippen LogP contribution is 2.33. The van der Waals surface area contributed by atoms with Gasteiger partial charge in [-0.2, -0.15) is 8.42 Å². The number of hydrogen-bond acceptors (Lipinski definition) is 3. The largest absolute Gasteiger partial charge is 0.506 e. The van der Waals surface area contributed by atoms with Crippen molar-refractivity contribution in [2.45, 2.75) is 4.90 Å². The molecule has 8 heteroatoms. The van der Waals surface area contributed by atoms with Crippen molar-refractivity contribution >= 4 is 21.2 Å². The zero-order valence-corrected chi connectivity index (χ0v) is 14.1. The van der Waals surface area contributed by atoms with Crippen LogP contribution in [0.4, 0.5) is 0 Å². The average molecular weight is 367 g/mol. The lowest BCUT2D eigenvalue weighted by atomic mass is 10.0. The maximum atomic E-state index is 11.2. The molecule has 0 atom stereocenters. The summed E-state index contributed by atoms with van der Waals surface area (Å²) in [6.45, 7) is 0. The highest BCUT2D eigenvalue weighted by atomic mass is 32.2. The standard InChI is InChI=1S/C18H13N3O4S/c22-18-10-7-13(12-5-8-14(9-6-12)26(23,24)25)11-17(18)21-19-15-3-1-2-4-16(15)20(19)21/h1-11,22H,(H,23,24,25). The van der Waals surface area contributed by atoms with Crippen LogP contribution in [0, 0.1) is 0 Å². The lowest BCUT2D eigenvalue weighted by molar-refractivity contribution is 0.472. The van der Waals surface area contributed by atoms with Gasteiger partial charge < -0.3 is 5.11 Å². The van der Waals surface area contributed by atoms with Crippen LogP contribution in [0.1, 0.15) is 0 Å². The van der Waals surface area contributed by atoms with Gasteiger partial charge >= 0.3 is 0 Å². The first-order valence-electron chi connectivity index (χ1n) is 7.85. The normalized spacial score (nSPS) is 12.5. The van der Waals surface area contributed by atoms with E-state index in [1.54, 1.807) is 24.3 Å². The SMILES string of the molecule is O=S(=O)(O)c1ccc(-c2ccc(O)c(-n3n4c5ccccc5n34)c2)cc1. The first-order valence-corrected chi connectivity index (χ1v) is 9.29. The molecule has 0 aliphatic rings. The summed E-state index contributed by atoms with van der Waals surface area (Å²) in [5, 5.41) is 10.3. The van der Waals surface area contributed by atoms with Crippen LogP contribution in [-0.2, 0) is 10.1 Å². The summed E-state index contributed by atoms with van der Waals surface area (Å²) in [5.41, 5.74) is 4.34. The van der Waals surface area contributed by atoms with E-state index in [9.17, 15) is 13.5 Å². The molecule has 26 heavy (non-hydrogen) atoms. The number of aromatic hydroxyl groups is 1. The fraction of sp³-hybridized carbons (Fsp3) is 0. The molecule has 2 heterocycles. The van der Waals surface area contributed by atoms with E-state index in [2.05, 4.69) is 0 Å². The summed E-state index contributed by atoms with van der Waals surface area (Å²) in [6, 6.07) is 19.0. The van der Waals surface area contributed by atoms with E-state index in [0.29, 0.717) is 5.69 Å². The fourth-order valence-electron chi connectivity index (χ4n) is 3.18. The maximum Gasteiger partial charge on any atom is 0.294 e. The lowest BCUT2D eigenvalue weighted by Gasteiger charge is -2.06. The van der Waals surface area contributed by atoms with Gasteiger partial charge in [-0.25, -0.2) is 0 Å². The number of rotatable bonds is 3. The van der Waals surface area contributed by atoms with Crippen LogP contribution < -0.4 is 0 Å². The van der Waals surface area contributed by atoms with Crippen molar-refractivity contribution < 1.29 is 18.1 Å². The van der Waals surface area contributed by atoms with Crippen molar-refractivity contribution in [3.8, 4) is 22.6 Å². The van der Waals surface area contributed by atoms with Crippen LogP contribution in [0.5, 0.6) is 5.75 Å². The zero-order valence-electron chi connectivity index (χ0n) is 13.3. The molecule has 0 radical (unpaired) electrons. The number of para-hydroxylation sites is 2. The fourth-order valence-corrected chi connectivity index (χ4v) is 3.66. The molecule has 7 nitrogen and oxygen atoms in total. The number of aromatic nitrogens is 3.